The first-order valence-corrected chi connectivity index (χ1v) is 4.43. The SMILES string of the molecule is COC(=O)c1cc(C(C)=O)ccc1S.[Na+]. The molecule has 15 heavy (non-hydrogen) atoms. The fourth-order valence-corrected chi connectivity index (χ4v) is 1.26. The fourth-order valence-electron chi connectivity index (χ4n) is 1.03. The molecule has 1 aromatic carbocycles. The standard InChI is InChI=1S/C10H10O3S.Na/c1-6(11)7-3-4-9(14)8(5-7)10(12)13-2;/h3-5,14H,1-2H3;/q;+1. The number of benzene rings is 1. The molecule has 0 aliphatic carbocycles. The molecule has 5 heteroatoms. The van der Waals surface area contributed by atoms with Gasteiger partial charge in [-0.2, -0.15) is 0 Å². The van der Waals surface area contributed by atoms with E-state index in [9.17, 15) is 9.59 Å². The van der Waals surface area contributed by atoms with Crippen LogP contribution in [0.5, 0.6) is 0 Å². The minimum absolute atomic E-state index is 0. The molecule has 1 rings (SSSR count). The van der Waals surface area contributed by atoms with Crippen molar-refractivity contribution in [2.45, 2.75) is 11.8 Å². The maximum absolute atomic E-state index is 11.2. The van der Waals surface area contributed by atoms with Crippen molar-refractivity contribution in [2.75, 3.05) is 7.11 Å². The Hall–Kier alpha value is -0.290. The summed E-state index contributed by atoms with van der Waals surface area (Å²) in [4.78, 5) is 22.8. The molecule has 0 aromatic heterocycles. The molecular weight excluding hydrogens is 223 g/mol. The van der Waals surface area contributed by atoms with Crippen LogP contribution in [0.25, 0.3) is 0 Å². The summed E-state index contributed by atoms with van der Waals surface area (Å²) in [7, 11) is 1.29. The summed E-state index contributed by atoms with van der Waals surface area (Å²) in [6.07, 6.45) is 0. The molecule has 0 radical (unpaired) electrons. The summed E-state index contributed by atoms with van der Waals surface area (Å²) in [5.41, 5.74) is 0.784. The maximum Gasteiger partial charge on any atom is 1.00 e. The topological polar surface area (TPSA) is 43.4 Å². The van der Waals surface area contributed by atoms with Gasteiger partial charge < -0.3 is 4.74 Å². The van der Waals surface area contributed by atoms with E-state index in [2.05, 4.69) is 17.4 Å². The second-order valence-electron chi connectivity index (χ2n) is 2.78. The summed E-state index contributed by atoms with van der Waals surface area (Å²) >= 11 is 4.09. The minimum Gasteiger partial charge on any atom is -0.465 e. The Morgan fingerprint density at radius 1 is 1.33 bits per heavy atom. The van der Waals surface area contributed by atoms with Gasteiger partial charge in [-0.05, 0) is 19.1 Å². The van der Waals surface area contributed by atoms with Crippen molar-refractivity contribution < 1.29 is 43.9 Å². The van der Waals surface area contributed by atoms with E-state index in [4.69, 9.17) is 0 Å². The summed E-state index contributed by atoms with van der Waals surface area (Å²) < 4.78 is 4.55. The molecule has 1 aromatic rings. The average molecular weight is 233 g/mol. The van der Waals surface area contributed by atoms with Crippen LogP contribution >= 0.6 is 12.6 Å². The van der Waals surface area contributed by atoms with Crippen LogP contribution in [0, 0.1) is 0 Å². The third-order valence-corrected chi connectivity index (χ3v) is 2.20. The molecule has 0 atom stereocenters. The van der Waals surface area contributed by atoms with Gasteiger partial charge >= 0.3 is 35.5 Å². The summed E-state index contributed by atoms with van der Waals surface area (Å²) in [6, 6.07) is 4.71. The zero-order valence-corrected chi connectivity index (χ0v) is 11.8. The van der Waals surface area contributed by atoms with Crippen molar-refractivity contribution in [3.05, 3.63) is 29.3 Å². The normalized spacial score (nSPS) is 9.00. The van der Waals surface area contributed by atoms with Crippen LogP contribution in [0.2, 0.25) is 0 Å². The average Bonchev–Trinajstić information content (AvgIpc) is 2.17. The van der Waals surface area contributed by atoms with Gasteiger partial charge in [0.15, 0.2) is 5.78 Å². The van der Waals surface area contributed by atoms with Gasteiger partial charge in [-0.1, -0.05) is 6.07 Å². The number of carbonyl (C=O) groups excluding carboxylic acids is 2. The summed E-state index contributed by atoms with van der Waals surface area (Å²) in [5.74, 6) is -0.582. The van der Waals surface area contributed by atoms with Crippen LogP contribution in [0.3, 0.4) is 0 Å². The Morgan fingerprint density at radius 3 is 2.40 bits per heavy atom. The van der Waals surface area contributed by atoms with Gasteiger partial charge in [-0.3, -0.25) is 4.79 Å². The van der Waals surface area contributed by atoms with E-state index in [1.807, 2.05) is 0 Å². The van der Waals surface area contributed by atoms with Crippen molar-refractivity contribution in [1.29, 1.82) is 0 Å². The van der Waals surface area contributed by atoms with Crippen LogP contribution < -0.4 is 29.6 Å². The molecule has 0 N–H and O–H groups in total. The number of hydrogen-bond acceptors (Lipinski definition) is 4. The van der Waals surface area contributed by atoms with E-state index in [0.29, 0.717) is 16.0 Å². The minimum atomic E-state index is -0.488. The number of hydrogen-bond donors (Lipinski definition) is 1. The summed E-state index contributed by atoms with van der Waals surface area (Å²) in [5, 5.41) is 0. The molecule has 0 saturated heterocycles. The largest absolute Gasteiger partial charge is 1.00 e. The van der Waals surface area contributed by atoms with Crippen LogP contribution in [0.1, 0.15) is 27.6 Å². The molecule has 0 saturated carbocycles. The zero-order valence-electron chi connectivity index (χ0n) is 8.90. The molecule has 0 aliphatic heterocycles. The van der Waals surface area contributed by atoms with Gasteiger partial charge in [0.2, 0.25) is 0 Å². The number of methoxy groups -OCH3 is 1. The van der Waals surface area contributed by atoms with E-state index in [0.717, 1.165) is 0 Å². The van der Waals surface area contributed by atoms with Crippen molar-refractivity contribution in [3.8, 4) is 0 Å². The molecule has 0 fully saturated rings. The number of esters is 1. The molecule has 0 aliphatic rings. The van der Waals surface area contributed by atoms with Crippen molar-refractivity contribution in [2.24, 2.45) is 0 Å². The number of Topliss-reactive ketones (excluding diaryl/α,β-unsaturated/α-hetero) is 1. The molecule has 0 heterocycles. The monoisotopic (exact) mass is 233 g/mol. The van der Waals surface area contributed by atoms with Crippen molar-refractivity contribution in [3.63, 3.8) is 0 Å². The van der Waals surface area contributed by atoms with Gasteiger partial charge in [0, 0.05) is 10.5 Å². The van der Waals surface area contributed by atoms with Gasteiger partial charge in [0.25, 0.3) is 0 Å². The predicted octanol–water partition coefficient (Wildman–Crippen LogP) is -1.03. The Balaban J connectivity index is 0.00000196. The van der Waals surface area contributed by atoms with E-state index < -0.39 is 5.97 Å². The number of ketones is 1. The zero-order chi connectivity index (χ0) is 10.7. The first-order chi connectivity index (χ1) is 6.56. The summed E-state index contributed by atoms with van der Waals surface area (Å²) in [6.45, 7) is 1.44. The van der Waals surface area contributed by atoms with Gasteiger partial charge in [0.1, 0.15) is 0 Å². The Kier molecular flexibility index (Phi) is 6.20. The second-order valence-corrected chi connectivity index (χ2v) is 3.26. The van der Waals surface area contributed by atoms with E-state index in [1.54, 1.807) is 12.1 Å². The number of ether oxygens (including phenoxy) is 1. The second kappa shape index (κ2) is 6.33. The molecule has 3 nitrogen and oxygen atoms in total. The maximum atomic E-state index is 11.2. The molecule has 0 spiro atoms. The van der Waals surface area contributed by atoms with E-state index in [-0.39, 0.29) is 35.3 Å². The molecule has 0 unspecified atom stereocenters. The Bertz CT molecular complexity index is 390. The Labute approximate surface area is 116 Å². The Morgan fingerprint density at radius 2 is 1.93 bits per heavy atom. The van der Waals surface area contributed by atoms with Crippen LogP contribution in [-0.2, 0) is 4.74 Å². The van der Waals surface area contributed by atoms with Crippen LogP contribution in [0.15, 0.2) is 23.1 Å². The fraction of sp³-hybridized carbons (Fsp3) is 0.200. The van der Waals surface area contributed by atoms with Gasteiger partial charge in [0.05, 0.1) is 12.7 Å². The van der Waals surface area contributed by atoms with Crippen molar-refractivity contribution >= 4 is 24.4 Å². The van der Waals surface area contributed by atoms with Gasteiger partial charge in [-0.25, -0.2) is 4.79 Å². The molecular formula is C10H10NaO3S+. The predicted molar refractivity (Wildman–Crippen MR) is 55.0 cm³/mol. The third kappa shape index (κ3) is 3.65. The van der Waals surface area contributed by atoms with Crippen LogP contribution in [0.4, 0.5) is 0 Å². The number of carbonyl (C=O) groups is 2. The smallest absolute Gasteiger partial charge is 0.465 e. The first-order valence-electron chi connectivity index (χ1n) is 3.98. The quantitative estimate of drug-likeness (QED) is 0.307. The van der Waals surface area contributed by atoms with Gasteiger partial charge in [-0.15, -0.1) is 12.6 Å². The van der Waals surface area contributed by atoms with Crippen LogP contribution in [-0.4, -0.2) is 18.9 Å². The van der Waals surface area contributed by atoms with E-state index in [1.165, 1.54) is 20.1 Å². The third-order valence-electron chi connectivity index (χ3n) is 1.81. The molecule has 74 valence electrons. The number of rotatable bonds is 2. The molecule has 0 bridgehead atoms. The van der Waals surface area contributed by atoms with Crippen molar-refractivity contribution in [1.82, 2.24) is 0 Å². The molecule has 0 amide bonds. The first kappa shape index (κ1) is 14.7. The van der Waals surface area contributed by atoms with E-state index >= 15 is 0 Å². The number of thiol groups is 1.